The molecule has 134 valence electrons. The van der Waals surface area contributed by atoms with Gasteiger partial charge in [0.1, 0.15) is 0 Å². The van der Waals surface area contributed by atoms with E-state index in [-0.39, 0.29) is 17.2 Å². The minimum Gasteiger partial charge on any atom is -0.385 e. The summed E-state index contributed by atoms with van der Waals surface area (Å²) in [5, 5.41) is 7.03. The summed E-state index contributed by atoms with van der Waals surface area (Å²) in [7, 11) is 1.63. The van der Waals surface area contributed by atoms with E-state index in [0.29, 0.717) is 18.3 Å². The van der Waals surface area contributed by atoms with Gasteiger partial charge in [0.05, 0.1) is 5.75 Å². The van der Waals surface area contributed by atoms with Crippen LogP contribution in [0.4, 0.5) is 0 Å². The van der Waals surface area contributed by atoms with Gasteiger partial charge in [-0.2, -0.15) is 0 Å². The molecular weight excluding hydrogens is 338 g/mol. The molecule has 0 saturated carbocycles. The van der Waals surface area contributed by atoms with Crippen LogP contribution in [-0.4, -0.2) is 40.0 Å². The first-order valence-corrected chi connectivity index (χ1v) is 9.59. The SMILES string of the molecule is COCCCn1c(SCC(=O)c2ccc3c(c2)CCCC3)n[nH]c1=O. The number of benzene rings is 1. The van der Waals surface area contributed by atoms with Crippen LogP contribution >= 0.6 is 11.8 Å². The molecule has 1 aromatic carbocycles. The van der Waals surface area contributed by atoms with E-state index in [2.05, 4.69) is 16.3 Å². The molecule has 1 aliphatic carbocycles. The van der Waals surface area contributed by atoms with Crippen LogP contribution in [0.5, 0.6) is 0 Å². The van der Waals surface area contributed by atoms with Crippen molar-refractivity contribution in [2.24, 2.45) is 0 Å². The zero-order valence-corrected chi connectivity index (χ0v) is 15.2. The molecule has 0 bridgehead atoms. The number of Topliss-reactive ketones (excluding diaryl/α,β-unsaturated/α-hetero) is 1. The van der Waals surface area contributed by atoms with Crippen LogP contribution in [0.1, 0.15) is 40.7 Å². The number of ether oxygens (including phenoxy) is 1. The van der Waals surface area contributed by atoms with E-state index >= 15 is 0 Å². The Balaban J connectivity index is 1.64. The van der Waals surface area contributed by atoms with Crippen LogP contribution < -0.4 is 5.69 Å². The summed E-state index contributed by atoms with van der Waals surface area (Å²) in [5.41, 5.74) is 3.17. The minimum absolute atomic E-state index is 0.0669. The standard InChI is InChI=1S/C18H23N3O3S/c1-24-10-4-9-21-17(23)19-20-18(21)25-12-16(22)15-8-7-13-5-2-3-6-14(13)11-15/h7-8,11H,2-6,9-10,12H2,1H3,(H,19,23). The smallest absolute Gasteiger partial charge is 0.343 e. The van der Waals surface area contributed by atoms with E-state index in [1.54, 1.807) is 11.7 Å². The molecule has 0 aliphatic heterocycles. The van der Waals surface area contributed by atoms with Crippen molar-refractivity contribution in [2.45, 2.75) is 43.8 Å². The topological polar surface area (TPSA) is 77.0 Å². The number of thioether (sulfide) groups is 1. The highest BCUT2D eigenvalue weighted by Gasteiger charge is 2.15. The molecule has 2 aromatic rings. The fraction of sp³-hybridized carbons (Fsp3) is 0.500. The lowest BCUT2D eigenvalue weighted by Crippen LogP contribution is -2.18. The zero-order chi connectivity index (χ0) is 17.6. The highest BCUT2D eigenvalue weighted by Crippen LogP contribution is 2.23. The number of nitrogens with one attached hydrogen (secondary N) is 1. The number of hydrogen-bond donors (Lipinski definition) is 1. The molecule has 1 N–H and O–H groups in total. The van der Waals surface area contributed by atoms with Gasteiger partial charge in [-0.25, -0.2) is 9.89 Å². The molecule has 25 heavy (non-hydrogen) atoms. The molecule has 0 unspecified atom stereocenters. The second kappa shape index (κ2) is 8.49. The highest BCUT2D eigenvalue weighted by atomic mass is 32.2. The van der Waals surface area contributed by atoms with Crippen molar-refractivity contribution in [1.82, 2.24) is 14.8 Å². The first-order valence-electron chi connectivity index (χ1n) is 8.61. The van der Waals surface area contributed by atoms with Crippen molar-refractivity contribution < 1.29 is 9.53 Å². The summed E-state index contributed by atoms with van der Waals surface area (Å²) >= 11 is 1.30. The Bertz CT molecular complexity index is 797. The van der Waals surface area contributed by atoms with Gasteiger partial charge in [-0.05, 0) is 49.3 Å². The molecule has 6 nitrogen and oxygen atoms in total. The van der Waals surface area contributed by atoms with E-state index in [4.69, 9.17) is 4.74 Å². The maximum Gasteiger partial charge on any atom is 0.343 e. The third-order valence-corrected chi connectivity index (χ3v) is 5.43. The minimum atomic E-state index is -0.250. The number of aromatic nitrogens is 3. The summed E-state index contributed by atoms with van der Waals surface area (Å²) in [5.74, 6) is 0.338. The van der Waals surface area contributed by atoms with Gasteiger partial charge < -0.3 is 4.74 Å². The number of methoxy groups -OCH3 is 1. The van der Waals surface area contributed by atoms with E-state index in [0.717, 1.165) is 24.8 Å². The largest absolute Gasteiger partial charge is 0.385 e. The number of fused-ring (bicyclic) bond motifs is 1. The van der Waals surface area contributed by atoms with Gasteiger partial charge in [0.2, 0.25) is 0 Å². The van der Waals surface area contributed by atoms with Crippen LogP contribution in [0.25, 0.3) is 0 Å². The molecule has 0 saturated heterocycles. The number of hydrogen-bond acceptors (Lipinski definition) is 5. The molecule has 0 spiro atoms. The number of carbonyl (C=O) groups is 1. The third kappa shape index (κ3) is 4.41. The Hall–Kier alpha value is -1.86. The number of nitrogens with zero attached hydrogens (tertiary/aromatic N) is 2. The van der Waals surface area contributed by atoms with Crippen LogP contribution in [0, 0.1) is 0 Å². The molecule has 1 aromatic heterocycles. The van der Waals surface area contributed by atoms with Crippen molar-refractivity contribution >= 4 is 17.5 Å². The summed E-state index contributed by atoms with van der Waals surface area (Å²) in [6.07, 6.45) is 5.32. The number of H-pyrrole nitrogens is 1. The average Bonchev–Trinajstić information content (AvgIpc) is 2.99. The molecule has 0 amide bonds. The predicted molar refractivity (Wildman–Crippen MR) is 97.5 cm³/mol. The first kappa shape index (κ1) is 17.9. The molecule has 3 rings (SSSR count). The monoisotopic (exact) mass is 361 g/mol. The molecule has 0 fully saturated rings. The molecule has 1 aliphatic rings. The van der Waals surface area contributed by atoms with Crippen molar-refractivity contribution in [2.75, 3.05) is 19.5 Å². The number of aromatic amines is 1. The number of aryl methyl sites for hydroxylation is 2. The maximum absolute atomic E-state index is 12.5. The van der Waals surface area contributed by atoms with E-state index in [1.807, 2.05) is 12.1 Å². The fourth-order valence-corrected chi connectivity index (χ4v) is 3.97. The van der Waals surface area contributed by atoms with Crippen molar-refractivity contribution in [1.29, 1.82) is 0 Å². The summed E-state index contributed by atoms with van der Waals surface area (Å²) in [4.78, 5) is 24.3. The van der Waals surface area contributed by atoms with Gasteiger partial charge in [-0.3, -0.25) is 9.36 Å². The van der Waals surface area contributed by atoms with Crippen LogP contribution in [0.15, 0.2) is 28.2 Å². The Morgan fingerprint density at radius 1 is 1.32 bits per heavy atom. The molecular formula is C18H23N3O3S. The summed E-state index contributed by atoms with van der Waals surface area (Å²) < 4.78 is 6.57. The van der Waals surface area contributed by atoms with Gasteiger partial charge >= 0.3 is 5.69 Å². The normalized spacial score (nSPS) is 13.6. The van der Waals surface area contributed by atoms with Gasteiger partial charge in [0.25, 0.3) is 0 Å². The van der Waals surface area contributed by atoms with Crippen molar-refractivity contribution in [3.63, 3.8) is 0 Å². The van der Waals surface area contributed by atoms with Crippen LogP contribution in [0.3, 0.4) is 0 Å². The third-order valence-electron chi connectivity index (χ3n) is 4.46. The van der Waals surface area contributed by atoms with Crippen LogP contribution in [-0.2, 0) is 24.1 Å². The molecule has 0 radical (unpaired) electrons. The fourth-order valence-electron chi connectivity index (χ4n) is 3.10. The Labute approximate surface area is 151 Å². The quantitative estimate of drug-likeness (QED) is 0.444. The number of rotatable bonds is 8. The van der Waals surface area contributed by atoms with Gasteiger partial charge in [-0.1, -0.05) is 23.9 Å². The summed E-state index contributed by atoms with van der Waals surface area (Å²) in [6, 6.07) is 6.04. The van der Waals surface area contributed by atoms with Gasteiger partial charge in [0.15, 0.2) is 10.9 Å². The van der Waals surface area contributed by atoms with E-state index in [9.17, 15) is 9.59 Å². The van der Waals surface area contributed by atoms with Crippen molar-refractivity contribution in [3.05, 3.63) is 45.4 Å². The lowest BCUT2D eigenvalue weighted by Gasteiger charge is -2.16. The van der Waals surface area contributed by atoms with E-state index < -0.39 is 0 Å². The van der Waals surface area contributed by atoms with E-state index in [1.165, 1.54) is 35.7 Å². The number of carbonyl (C=O) groups excluding carboxylic acids is 1. The second-order valence-electron chi connectivity index (χ2n) is 6.21. The predicted octanol–water partition coefficient (Wildman–Crippen LogP) is 2.46. The maximum atomic E-state index is 12.5. The van der Waals surface area contributed by atoms with Gasteiger partial charge in [0, 0.05) is 25.8 Å². The lowest BCUT2D eigenvalue weighted by atomic mass is 9.90. The first-order chi connectivity index (χ1) is 12.2. The molecule has 1 heterocycles. The van der Waals surface area contributed by atoms with Crippen molar-refractivity contribution in [3.8, 4) is 0 Å². The average molecular weight is 361 g/mol. The Kier molecular flexibility index (Phi) is 6.09. The summed E-state index contributed by atoms with van der Waals surface area (Å²) in [6.45, 7) is 1.11. The van der Waals surface area contributed by atoms with Gasteiger partial charge in [-0.15, -0.1) is 5.10 Å². The van der Waals surface area contributed by atoms with Crippen LogP contribution in [0.2, 0.25) is 0 Å². The Morgan fingerprint density at radius 2 is 2.12 bits per heavy atom. The highest BCUT2D eigenvalue weighted by molar-refractivity contribution is 7.99. The zero-order valence-electron chi connectivity index (χ0n) is 14.4. The second-order valence-corrected chi connectivity index (χ2v) is 7.15. The Morgan fingerprint density at radius 3 is 2.92 bits per heavy atom. The lowest BCUT2D eigenvalue weighted by molar-refractivity contribution is 0.102. The molecule has 0 atom stereocenters. The molecule has 7 heteroatoms. The number of ketones is 1.